The van der Waals surface area contributed by atoms with E-state index in [0.717, 1.165) is 11.3 Å². The van der Waals surface area contributed by atoms with Crippen LogP contribution in [0.3, 0.4) is 0 Å². The van der Waals surface area contributed by atoms with Gasteiger partial charge in [-0.2, -0.15) is 0 Å². The van der Waals surface area contributed by atoms with Gasteiger partial charge in [-0.15, -0.1) is 0 Å². The van der Waals surface area contributed by atoms with Crippen molar-refractivity contribution in [2.45, 2.75) is 32.2 Å². The molecule has 0 aliphatic carbocycles. The van der Waals surface area contributed by atoms with Crippen molar-refractivity contribution >= 4 is 32.9 Å². The fraction of sp³-hybridized carbons (Fsp3) is 0.467. The Morgan fingerprint density at radius 2 is 2.14 bits per heavy atom. The Hall–Kier alpha value is -1.43. The van der Waals surface area contributed by atoms with Crippen molar-refractivity contribution in [3.63, 3.8) is 0 Å². The van der Waals surface area contributed by atoms with Crippen molar-refractivity contribution in [1.29, 1.82) is 0 Å². The van der Waals surface area contributed by atoms with Crippen LogP contribution in [0, 0.1) is 5.82 Å². The predicted octanol–water partition coefficient (Wildman–Crippen LogP) is 3.46. The van der Waals surface area contributed by atoms with Gasteiger partial charge in [0.05, 0.1) is 5.52 Å². The molecule has 1 saturated heterocycles. The molecule has 2 heterocycles. The number of aromatic nitrogens is 2. The SMILES string of the molecule is CC(C)n1c([C@@H]2CC(=O)N(C)C2)nc2c(F)cc(Br)cc21. The number of benzene rings is 1. The van der Waals surface area contributed by atoms with Crippen LogP contribution in [0.1, 0.15) is 38.1 Å². The second-order valence-electron chi connectivity index (χ2n) is 5.86. The number of carbonyl (C=O) groups excluding carboxylic acids is 1. The lowest BCUT2D eigenvalue weighted by atomic mass is 10.1. The van der Waals surface area contributed by atoms with E-state index >= 15 is 0 Å². The van der Waals surface area contributed by atoms with E-state index in [0.29, 0.717) is 23.0 Å². The maximum absolute atomic E-state index is 14.2. The van der Waals surface area contributed by atoms with E-state index in [1.807, 2.05) is 24.5 Å². The van der Waals surface area contributed by atoms with Gasteiger partial charge in [-0.25, -0.2) is 9.37 Å². The van der Waals surface area contributed by atoms with Gasteiger partial charge in [0, 0.05) is 36.4 Å². The van der Waals surface area contributed by atoms with Crippen molar-refractivity contribution in [1.82, 2.24) is 14.5 Å². The molecular formula is C15H17BrFN3O. The number of carbonyl (C=O) groups is 1. The summed E-state index contributed by atoms with van der Waals surface area (Å²) in [6.07, 6.45) is 0.440. The smallest absolute Gasteiger partial charge is 0.223 e. The second kappa shape index (κ2) is 5.09. The molecular weight excluding hydrogens is 337 g/mol. The molecule has 6 heteroatoms. The molecule has 0 N–H and O–H groups in total. The highest BCUT2D eigenvalue weighted by Crippen LogP contribution is 2.33. The van der Waals surface area contributed by atoms with Crippen molar-refractivity contribution in [3.05, 3.63) is 28.2 Å². The lowest BCUT2D eigenvalue weighted by Gasteiger charge is -2.16. The summed E-state index contributed by atoms with van der Waals surface area (Å²) in [5.74, 6) is 0.604. The average molecular weight is 354 g/mol. The molecule has 1 atom stereocenters. The van der Waals surface area contributed by atoms with Crippen LogP contribution in [-0.2, 0) is 4.79 Å². The number of hydrogen-bond donors (Lipinski definition) is 0. The Bertz CT molecular complexity index is 725. The zero-order valence-corrected chi connectivity index (χ0v) is 13.8. The van der Waals surface area contributed by atoms with Crippen LogP contribution in [0.5, 0.6) is 0 Å². The Kier molecular flexibility index (Phi) is 3.51. The number of likely N-dealkylation sites (N-methyl/N-ethyl adjacent to an activating group) is 1. The minimum absolute atomic E-state index is 0.0236. The number of rotatable bonds is 2. The van der Waals surface area contributed by atoms with Gasteiger partial charge in [0.25, 0.3) is 0 Å². The zero-order valence-electron chi connectivity index (χ0n) is 12.2. The fourth-order valence-corrected chi connectivity index (χ4v) is 3.42. The molecule has 21 heavy (non-hydrogen) atoms. The summed E-state index contributed by atoms with van der Waals surface area (Å²) in [7, 11) is 1.79. The Balaban J connectivity index is 2.21. The molecule has 1 aliphatic heterocycles. The topological polar surface area (TPSA) is 38.1 Å². The van der Waals surface area contributed by atoms with Crippen LogP contribution >= 0.6 is 15.9 Å². The summed E-state index contributed by atoms with van der Waals surface area (Å²) in [6, 6.07) is 3.46. The summed E-state index contributed by atoms with van der Waals surface area (Å²) in [4.78, 5) is 18.0. The zero-order chi connectivity index (χ0) is 15.3. The summed E-state index contributed by atoms with van der Waals surface area (Å²) in [5, 5.41) is 0. The van der Waals surface area contributed by atoms with Gasteiger partial charge in [0.1, 0.15) is 11.3 Å². The van der Waals surface area contributed by atoms with Gasteiger partial charge in [0.15, 0.2) is 5.82 Å². The fourth-order valence-electron chi connectivity index (χ4n) is 3.01. The summed E-state index contributed by atoms with van der Waals surface area (Å²) in [5.41, 5.74) is 1.15. The van der Waals surface area contributed by atoms with Gasteiger partial charge >= 0.3 is 0 Å². The molecule has 1 aromatic carbocycles. The maximum Gasteiger partial charge on any atom is 0.223 e. The molecule has 1 amide bonds. The first-order valence-corrected chi connectivity index (χ1v) is 7.78. The van der Waals surface area contributed by atoms with Gasteiger partial charge in [-0.05, 0) is 26.0 Å². The van der Waals surface area contributed by atoms with Crippen molar-refractivity contribution in [2.75, 3.05) is 13.6 Å². The van der Waals surface area contributed by atoms with E-state index < -0.39 is 0 Å². The van der Waals surface area contributed by atoms with E-state index in [2.05, 4.69) is 20.9 Å². The Morgan fingerprint density at radius 3 is 2.71 bits per heavy atom. The number of nitrogens with zero attached hydrogens (tertiary/aromatic N) is 3. The number of fused-ring (bicyclic) bond motifs is 1. The summed E-state index contributed by atoms with van der Waals surface area (Å²) < 4.78 is 16.9. The van der Waals surface area contributed by atoms with E-state index in [1.54, 1.807) is 11.9 Å². The van der Waals surface area contributed by atoms with Crippen LogP contribution in [0.15, 0.2) is 16.6 Å². The lowest BCUT2D eigenvalue weighted by molar-refractivity contribution is -0.126. The molecule has 0 spiro atoms. The molecule has 0 saturated carbocycles. The van der Waals surface area contributed by atoms with Crippen molar-refractivity contribution < 1.29 is 9.18 Å². The highest BCUT2D eigenvalue weighted by molar-refractivity contribution is 9.10. The largest absolute Gasteiger partial charge is 0.345 e. The van der Waals surface area contributed by atoms with E-state index in [9.17, 15) is 9.18 Å². The van der Waals surface area contributed by atoms with Crippen LogP contribution in [-0.4, -0.2) is 34.0 Å². The average Bonchev–Trinajstić information content (AvgIpc) is 2.91. The maximum atomic E-state index is 14.2. The molecule has 4 nitrogen and oxygen atoms in total. The molecule has 112 valence electrons. The monoisotopic (exact) mass is 353 g/mol. The molecule has 3 rings (SSSR count). The minimum Gasteiger partial charge on any atom is -0.345 e. The first-order chi connectivity index (χ1) is 9.88. The lowest BCUT2D eigenvalue weighted by Crippen LogP contribution is -2.19. The Morgan fingerprint density at radius 1 is 1.43 bits per heavy atom. The molecule has 1 aromatic heterocycles. The number of likely N-dealkylation sites (tertiary alicyclic amines) is 1. The first-order valence-electron chi connectivity index (χ1n) is 6.99. The van der Waals surface area contributed by atoms with Gasteiger partial charge in [-0.1, -0.05) is 15.9 Å². The number of halogens is 2. The van der Waals surface area contributed by atoms with Crippen LogP contribution in [0.25, 0.3) is 11.0 Å². The third-order valence-electron chi connectivity index (χ3n) is 3.96. The van der Waals surface area contributed by atoms with Crippen LogP contribution in [0.2, 0.25) is 0 Å². The van der Waals surface area contributed by atoms with E-state index in [-0.39, 0.29) is 23.7 Å². The van der Waals surface area contributed by atoms with Gasteiger partial charge < -0.3 is 9.47 Å². The molecule has 1 fully saturated rings. The molecule has 0 unspecified atom stereocenters. The standard InChI is InChI=1S/C15H17BrFN3O/c1-8(2)20-12-6-10(16)5-11(17)14(12)18-15(20)9-4-13(21)19(3)7-9/h5-6,8-9H,4,7H2,1-3H3/t9-/m1/s1. The highest BCUT2D eigenvalue weighted by atomic mass is 79.9. The quantitative estimate of drug-likeness (QED) is 0.828. The van der Waals surface area contributed by atoms with Gasteiger partial charge in [0.2, 0.25) is 5.91 Å². The van der Waals surface area contributed by atoms with Gasteiger partial charge in [-0.3, -0.25) is 4.79 Å². The summed E-state index contributed by atoms with van der Waals surface area (Å²) >= 11 is 3.33. The second-order valence-corrected chi connectivity index (χ2v) is 6.78. The molecule has 0 bridgehead atoms. The van der Waals surface area contributed by atoms with Crippen LogP contribution < -0.4 is 0 Å². The molecule has 2 aromatic rings. The highest BCUT2D eigenvalue weighted by Gasteiger charge is 2.32. The third kappa shape index (κ3) is 2.35. The number of amides is 1. The van der Waals surface area contributed by atoms with Crippen molar-refractivity contribution in [2.24, 2.45) is 0 Å². The minimum atomic E-state index is -0.335. The third-order valence-corrected chi connectivity index (χ3v) is 4.42. The molecule has 1 aliphatic rings. The van der Waals surface area contributed by atoms with E-state index in [4.69, 9.17) is 0 Å². The number of imidazole rings is 1. The molecule has 0 radical (unpaired) electrons. The predicted molar refractivity (Wildman–Crippen MR) is 82.8 cm³/mol. The Labute approximate surface area is 131 Å². The van der Waals surface area contributed by atoms with Crippen molar-refractivity contribution in [3.8, 4) is 0 Å². The summed E-state index contributed by atoms with van der Waals surface area (Å²) in [6.45, 7) is 4.73. The normalized spacial score (nSPS) is 19.2. The number of hydrogen-bond acceptors (Lipinski definition) is 2. The first kappa shape index (κ1) is 14.5. The van der Waals surface area contributed by atoms with E-state index in [1.165, 1.54) is 6.07 Å². The van der Waals surface area contributed by atoms with Crippen LogP contribution in [0.4, 0.5) is 4.39 Å².